The van der Waals surface area contributed by atoms with Crippen molar-refractivity contribution in [3.8, 4) is 5.75 Å². The highest BCUT2D eigenvalue weighted by Crippen LogP contribution is 2.34. The SMILES string of the molecule is CCOC(=O)COc1cc(Cl)c(C(=O)C(O)OCC)cc1[N+](=O)[O-]. The van der Waals surface area contributed by atoms with Crippen LogP contribution in [0.2, 0.25) is 5.02 Å². The van der Waals surface area contributed by atoms with Gasteiger partial charge in [0.05, 0.1) is 16.6 Å². The Hall–Kier alpha value is -2.23. The molecule has 0 saturated heterocycles. The van der Waals surface area contributed by atoms with Gasteiger partial charge in [-0.25, -0.2) is 4.79 Å². The van der Waals surface area contributed by atoms with Gasteiger partial charge in [0.25, 0.3) is 0 Å². The van der Waals surface area contributed by atoms with E-state index in [9.17, 15) is 24.8 Å². The van der Waals surface area contributed by atoms with Crippen molar-refractivity contribution in [1.29, 1.82) is 0 Å². The summed E-state index contributed by atoms with van der Waals surface area (Å²) < 4.78 is 14.4. The van der Waals surface area contributed by atoms with E-state index in [1.54, 1.807) is 13.8 Å². The number of carbonyl (C=O) groups is 2. The lowest BCUT2D eigenvalue weighted by atomic mass is 10.1. The molecule has 132 valence electrons. The van der Waals surface area contributed by atoms with E-state index >= 15 is 0 Å². The lowest BCUT2D eigenvalue weighted by Gasteiger charge is -2.12. The standard InChI is InChI=1S/C14H16ClNO8/c1-3-22-12(17)7-24-11-6-9(15)8(5-10(11)16(20)21)13(18)14(19)23-4-2/h5-6,14,19H,3-4,7H2,1-2H3. The molecule has 0 radical (unpaired) electrons. The Morgan fingerprint density at radius 2 is 2.00 bits per heavy atom. The number of hydrogen-bond acceptors (Lipinski definition) is 8. The number of aliphatic hydroxyl groups excluding tert-OH is 1. The predicted octanol–water partition coefficient (Wildman–Crippen LogP) is 1.73. The number of aliphatic hydroxyl groups is 1. The Labute approximate surface area is 142 Å². The Morgan fingerprint density at radius 3 is 2.54 bits per heavy atom. The summed E-state index contributed by atoms with van der Waals surface area (Å²) in [5.74, 6) is -1.95. The zero-order valence-corrected chi connectivity index (χ0v) is 13.7. The second-order valence-electron chi connectivity index (χ2n) is 4.32. The van der Waals surface area contributed by atoms with E-state index in [-0.39, 0.29) is 29.5 Å². The van der Waals surface area contributed by atoms with Crippen molar-refractivity contribution in [3.05, 3.63) is 32.8 Å². The summed E-state index contributed by atoms with van der Waals surface area (Å²) in [7, 11) is 0. The maximum atomic E-state index is 12.0. The van der Waals surface area contributed by atoms with Crippen molar-refractivity contribution in [1.82, 2.24) is 0 Å². The molecule has 0 heterocycles. The van der Waals surface area contributed by atoms with Gasteiger partial charge in [-0.3, -0.25) is 14.9 Å². The molecular formula is C14H16ClNO8. The van der Waals surface area contributed by atoms with Crippen molar-refractivity contribution in [2.24, 2.45) is 0 Å². The first-order valence-electron chi connectivity index (χ1n) is 6.92. The maximum absolute atomic E-state index is 12.0. The zero-order valence-electron chi connectivity index (χ0n) is 13.0. The van der Waals surface area contributed by atoms with Gasteiger partial charge in [-0.15, -0.1) is 0 Å². The average Bonchev–Trinajstić information content (AvgIpc) is 2.52. The maximum Gasteiger partial charge on any atom is 0.344 e. The minimum absolute atomic E-state index is 0.0629. The Balaban J connectivity index is 3.11. The van der Waals surface area contributed by atoms with Gasteiger partial charge in [0.1, 0.15) is 0 Å². The number of esters is 1. The molecule has 0 spiro atoms. The quantitative estimate of drug-likeness (QED) is 0.232. The Morgan fingerprint density at radius 1 is 1.33 bits per heavy atom. The molecule has 1 aromatic rings. The molecule has 0 aliphatic rings. The number of benzene rings is 1. The summed E-state index contributed by atoms with van der Waals surface area (Å²) in [5.41, 5.74) is -0.886. The highest BCUT2D eigenvalue weighted by atomic mass is 35.5. The summed E-state index contributed by atoms with van der Waals surface area (Å²) in [6, 6.07) is 1.87. The van der Waals surface area contributed by atoms with Crippen LogP contribution in [0, 0.1) is 10.1 Å². The number of hydrogen-bond donors (Lipinski definition) is 1. The van der Waals surface area contributed by atoms with Crippen molar-refractivity contribution in [2.45, 2.75) is 20.1 Å². The number of nitrogens with zero attached hydrogens (tertiary/aromatic N) is 1. The van der Waals surface area contributed by atoms with Crippen LogP contribution in [0.5, 0.6) is 5.75 Å². The first-order valence-corrected chi connectivity index (χ1v) is 7.29. The van der Waals surface area contributed by atoms with Crippen LogP contribution in [0.15, 0.2) is 12.1 Å². The van der Waals surface area contributed by atoms with Crippen molar-refractivity contribution < 1.29 is 33.8 Å². The monoisotopic (exact) mass is 361 g/mol. The zero-order chi connectivity index (χ0) is 18.3. The number of rotatable bonds is 9. The van der Waals surface area contributed by atoms with Gasteiger partial charge < -0.3 is 19.3 Å². The summed E-state index contributed by atoms with van der Waals surface area (Å²) in [5, 5.41) is 20.5. The smallest absolute Gasteiger partial charge is 0.344 e. The van der Waals surface area contributed by atoms with E-state index in [0.717, 1.165) is 12.1 Å². The van der Waals surface area contributed by atoms with Gasteiger partial charge in [-0.05, 0) is 13.8 Å². The van der Waals surface area contributed by atoms with Crippen LogP contribution in [-0.4, -0.2) is 47.9 Å². The molecule has 0 bridgehead atoms. The predicted molar refractivity (Wildman–Crippen MR) is 82.2 cm³/mol. The topological polar surface area (TPSA) is 125 Å². The second-order valence-corrected chi connectivity index (χ2v) is 4.73. The normalized spacial score (nSPS) is 11.7. The van der Waals surface area contributed by atoms with E-state index < -0.39 is 35.3 Å². The molecular weight excluding hydrogens is 346 g/mol. The minimum atomic E-state index is -1.79. The van der Waals surface area contributed by atoms with Crippen LogP contribution >= 0.6 is 11.6 Å². The van der Waals surface area contributed by atoms with Gasteiger partial charge in [-0.2, -0.15) is 0 Å². The average molecular weight is 362 g/mol. The molecule has 0 saturated carbocycles. The fourth-order valence-corrected chi connectivity index (χ4v) is 1.94. The van der Waals surface area contributed by atoms with E-state index in [0.29, 0.717) is 0 Å². The van der Waals surface area contributed by atoms with Crippen LogP contribution < -0.4 is 4.74 Å². The number of Topliss-reactive ketones (excluding diaryl/α,β-unsaturated/α-hetero) is 1. The number of ether oxygens (including phenoxy) is 3. The molecule has 0 aromatic heterocycles. The van der Waals surface area contributed by atoms with Gasteiger partial charge >= 0.3 is 11.7 Å². The summed E-state index contributed by atoms with van der Waals surface area (Å²) in [4.78, 5) is 33.6. The number of nitro groups is 1. The van der Waals surface area contributed by atoms with Crippen LogP contribution in [0.3, 0.4) is 0 Å². The van der Waals surface area contributed by atoms with Gasteiger partial charge in [-0.1, -0.05) is 11.6 Å². The molecule has 9 nitrogen and oxygen atoms in total. The molecule has 10 heteroatoms. The van der Waals surface area contributed by atoms with Gasteiger partial charge in [0.2, 0.25) is 12.1 Å². The van der Waals surface area contributed by atoms with Crippen LogP contribution in [-0.2, 0) is 14.3 Å². The first-order chi connectivity index (χ1) is 11.3. The van der Waals surface area contributed by atoms with Crippen molar-refractivity contribution in [3.63, 3.8) is 0 Å². The lowest BCUT2D eigenvalue weighted by Crippen LogP contribution is -2.24. The number of halogens is 1. The molecule has 1 rings (SSSR count). The Kier molecular flexibility index (Phi) is 7.56. The number of ketones is 1. The fourth-order valence-electron chi connectivity index (χ4n) is 1.70. The van der Waals surface area contributed by atoms with Gasteiger partial charge in [0, 0.05) is 24.3 Å². The van der Waals surface area contributed by atoms with E-state index in [1.165, 1.54) is 0 Å². The summed E-state index contributed by atoms with van der Waals surface area (Å²) >= 11 is 5.92. The summed E-state index contributed by atoms with van der Waals surface area (Å²) in [6.45, 7) is 2.80. The van der Waals surface area contributed by atoms with Crippen LogP contribution in [0.25, 0.3) is 0 Å². The van der Waals surface area contributed by atoms with Crippen LogP contribution in [0.4, 0.5) is 5.69 Å². The summed E-state index contributed by atoms with van der Waals surface area (Å²) in [6.07, 6.45) is -1.79. The number of nitro benzene ring substituents is 1. The second kappa shape index (κ2) is 9.16. The molecule has 1 atom stereocenters. The van der Waals surface area contributed by atoms with Crippen LogP contribution in [0.1, 0.15) is 24.2 Å². The fraction of sp³-hybridized carbons (Fsp3) is 0.429. The largest absolute Gasteiger partial charge is 0.475 e. The molecule has 0 fully saturated rings. The molecule has 1 unspecified atom stereocenters. The molecule has 0 aliphatic carbocycles. The third-order valence-corrected chi connectivity index (χ3v) is 3.02. The molecule has 0 amide bonds. The molecule has 1 N–H and O–H groups in total. The first kappa shape index (κ1) is 19.8. The molecule has 1 aromatic carbocycles. The molecule has 0 aliphatic heterocycles. The van der Waals surface area contributed by atoms with E-state index in [4.69, 9.17) is 21.1 Å². The third-order valence-electron chi connectivity index (χ3n) is 2.71. The van der Waals surface area contributed by atoms with Crippen molar-refractivity contribution >= 4 is 29.0 Å². The van der Waals surface area contributed by atoms with E-state index in [2.05, 4.69) is 4.74 Å². The number of carbonyl (C=O) groups excluding carboxylic acids is 2. The highest BCUT2D eigenvalue weighted by Gasteiger charge is 2.26. The van der Waals surface area contributed by atoms with E-state index in [1.807, 2.05) is 0 Å². The van der Waals surface area contributed by atoms with Gasteiger partial charge in [0.15, 0.2) is 12.4 Å². The Bertz CT molecular complexity index is 633. The van der Waals surface area contributed by atoms with Crippen molar-refractivity contribution in [2.75, 3.05) is 19.8 Å². The molecule has 24 heavy (non-hydrogen) atoms. The lowest BCUT2D eigenvalue weighted by molar-refractivity contribution is -0.385. The third kappa shape index (κ3) is 5.15. The highest BCUT2D eigenvalue weighted by molar-refractivity contribution is 6.34. The minimum Gasteiger partial charge on any atom is -0.475 e.